The lowest BCUT2D eigenvalue weighted by atomic mass is 10.1. The van der Waals surface area contributed by atoms with Crippen molar-refractivity contribution in [2.75, 3.05) is 31.1 Å². The van der Waals surface area contributed by atoms with Gasteiger partial charge < -0.3 is 20.6 Å². The van der Waals surface area contributed by atoms with Crippen LogP contribution in [0.15, 0.2) is 42.6 Å². The lowest BCUT2D eigenvalue weighted by molar-refractivity contribution is -0.138. The van der Waals surface area contributed by atoms with Crippen LogP contribution >= 0.6 is 0 Å². The second-order valence-electron chi connectivity index (χ2n) is 7.96. The maximum Gasteiger partial charge on any atom is 0.417 e. The number of carboxylic acid groups (broad SMARTS) is 1. The van der Waals surface area contributed by atoms with Crippen molar-refractivity contribution in [2.45, 2.75) is 25.9 Å². The molecule has 13 heteroatoms. The number of rotatable bonds is 5. The molecule has 2 aromatic heterocycles. The van der Waals surface area contributed by atoms with Gasteiger partial charge in [0.15, 0.2) is 11.3 Å². The molecule has 2 amide bonds. The number of aromatic carboxylic acids is 1. The van der Waals surface area contributed by atoms with Gasteiger partial charge in [-0.1, -0.05) is 19.1 Å². The highest BCUT2D eigenvalue weighted by Gasteiger charge is 2.36. The Morgan fingerprint density at radius 1 is 1.06 bits per heavy atom. The van der Waals surface area contributed by atoms with Crippen LogP contribution in [0.4, 0.5) is 19.0 Å². The standard InChI is InChI=1S/C19H16F3N5O3.C4H9NO/c20-19(21,22)13-4-2-1-3-12(13)17(28)26-9-7-25(8-10-26)16-6-5-15-23-14(18(29)30)11-27(15)24-16;1-2-3-4(5)6/h1-6,11H,7-10H2,(H,29,30);2-3H2,1H3,(H2,5,6). The predicted octanol–water partition coefficient (Wildman–Crippen LogP) is 2.68. The third-order valence-corrected chi connectivity index (χ3v) is 5.38. The van der Waals surface area contributed by atoms with E-state index < -0.39 is 23.6 Å². The van der Waals surface area contributed by atoms with Crippen LogP contribution in [-0.2, 0) is 11.0 Å². The lowest BCUT2D eigenvalue weighted by Gasteiger charge is -2.35. The molecule has 0 aliphatic carbocycles. The summed E-state index contributed by atoms with van der Waals surface area (Å²) in [6, 6.07) is 8.07. The molecule has 3 N–H and O–H groups in total. The van der Waals surface area contributed by atoms with Crippen molar-refractivity contribution in [3.8, 4) is 0 Å². The van der Waals surface area contributed by atoms with E-state index in [0.29, 0.717) is 31.0 Å². The fourth-order valence-corrected chi connectivity index (χ4v) is 3.62. The van der Waals surface area contributed by atoms with Crippen LogP contribution in [-0.4, -0.2) is 68.6 Å². The van der Waals surface area contributed by atoms with E-state index in [9.17, 15) is 27.6 Å². The molecule has 36 heavy (non-hydrogen) atoms. The molecular formula is C23H25F3N6O4. The number of carbonyl (C=O) groups excluding carboxylic acids is 2. The third kappa shape index (κ3) is 6.29. The summed E-state index contributed by atoms with van der Waals surface area (Å²) in [6.07, 6.45) is -1.93. The molecule has 1 fully saturated rings. The Balaban J connectivity index is 0.000000538. The van der Waals surface area contributed by atoms with Gasteiger partial charge in [0.1, 0.15) is 5.82 Å². The zero-order chi connectivity index (χ0) is 26.5. The van der Waals surface area contributed by atoms with Gasteiger partial charge in [-0.3, -0.25) is 9.59 Å². The number of carbonyl (C=O) groups is 3. The van der Waals surface area contributed by atoms with E-state index in [0.717, 1.165) is 12.5 Å². The molecule has 4 rings (SSSR count). The number of alkyl halides is 3. The first-order valence-electron chi connectivity index (χ1n) is 11.1. The molecule has 0 radical (unpaired) electrons. The van der Waals surface area contributed by atoms with Crippen molar-refractivity contribution in [1.82, 2.24) is 19.5 Å². The summed E-state index contributed by atoms with van der Waals surface area (Å²) in [7, 11) is 0. The number of nitrogens with two attached hydrogens (primary N) is 1. The van der Waals surface area contributed by atoms with Gasteiger partial charge in [0.2, 0.25) is 5.91 Å². The largest absolute Gasteiger partial charge is 0.476 e. The van der Waals surface area contributed by atoms with Crippen LogP contribution in [0, 0.1) is 0 Å². The van der Waals surface area contributed by atoms with E-state index in [1.807, 2.05) is 11.8 Å². The Labute approximate surface area is 204 Å². The van der Waals surface area contributed by atoms with E-state index in [4.69, 9.17) is 10.8 Å². The normalized spacial score (nSPS) is 13.8. The highest BCUT2D eigenvalue weighted by molar-refractivity contribution is 5.96. The molecule has 0 spiro atoms. The fourth-order valence-electron chi connectivity index (χ4n) is 3.62. The Kier molecular flexibility index (Phi) is 8.12. The van der Waals surface area contributed by atoms with E-state index in [1.54, 1.807) is 12.1 Å². The van der Waals surface area contributed by atoms with E-state index in [1.165, 1.54) is 33.8 Å². The van der Waals surface area contributed by atoms with Gasteiger partial charge in [0, 0.05) is 32.6 Å². The molecule has 1 aromatic carbocycles. The molecule has 1 saturated heterocycles. The van der Waals surface area contributed by atoms with Crippen molar-refractivity contribution < 1.29 is 32.7 Å². The summed E-state index contributed by atoms with van der Waals surface area (Å²) in [5.74, 6) is -1.47. The van der Waals surface area contributed by atoms with Gasteiger partial charge >= 0.3 is 12.1 Å². The van der Waals surface area contributed by atoms with Gasteiger partial charge in [0.05, 0.1) is 17.3 Å². The summed E-state index contributed by atoms with van der Waals surface area (Å²) < 4.78 is 41.0. The molecule has 10 nitrogen and oxygen atoms in total. The second kappa shape index (κ2) is 11.1. The summed E-state index contributed by atoms with van der Waals surface area (Å²) >= 11 is 0. The van der Waals surface area contributed by atoms with Gasteiger partial charge in [-0.05, 0) is 30.7 Å². The van der Waals surface area contributed by atoms with Crippen molar-refractivity contribution in [1.29, 1.82) is 0 Å². The number of amides is 2. The van der Waals surface area contributed by atoms with E-state index in [-0.39, 0.29) is 30.3 Å². The predicted molar refractivity (Wildman–Crippen MR) is 124 cm³/mol. The lowest BCUT2D eigenvalue weighted by Crippen LogP contribution is -2.49. The fraction of sp³-hybridized carbons (Fsp3) is 0.348. The van der Waals surface area contributed by atoms with Crippen LogP contribution in [0.3, 0.4) is 0 Å². The van der Waals surface area contributed by atoms with Crippen LogP contribution in [0.2, 0.25) is 0 Å². The number of benzene rings is 1. The molecule has 192 valence electrons. The minimum absolute atomic E-state index is 0.126. The first-order valence-corrected chi connectivity index (χ1v) is 11.1. The zero-order valence-corrected chi connectivity index (χ0v) is 19.4. The number of fused-ring (bicyclic) bond motifs is 1. The van der Waals surface area contributed by atoms with Gasteiger partial charge in [-0.2, -0.15) is 13.2 Å². The van der Waals surface area contributed by atoms with Crippen LogP contribution in [0.5, 0.6) is 0 Å². The number of aromatic nitrogens is 3. The minimum atomic E-state index is -4.60. The molecule has 3 heterocycles. The second-order valence-corrected chi connectivity index (χ2v) is 7.96. The molecule has 0 atom stereocenters. The molecule has 1 aliphatic rings. The molecular weight excluding hydrogens is 481 g/mol. The van der Waals surface area contributed by atoms with Gasteiger partial charge in [-0.15, -0.1) is 5.10 Å². The average molecular weight is 506 g/mol. The molecule has 0 bridgehead atoms. The first kappa shape index (κ1) is 26.4. The van der Waals surface area contributed by atoms with Gasteiger partial charge in [0.25, 0.3) is 5.91 Å². The molecule has 3 aromatic rings. The number of anilines is 1. The number of imidazole rings is 1. The zero-order valence-electron chi connectivity index (χ0n) is 19.4. The van der Waals surface area contributed by atoms with Crippen LogP contribution in [0.25, 0.3) is 5.65 Å². The quantitative estimate of drug-likeness (QED) is 0.543. The van der Waals surface area contributed by atoms with Crippen LogP contribution in [0.1, 0.15) is 46.2 Å². The van der Waals surface area contributed by atoms with Crippen molar-refractivity contribution in [3.05, 3.63) is 59.4 Å². The maximum atomic E-state index is 13.2. The molecule has 1 aliphatic heterocycles. The number of hydrogen-bond donors (Lipinski definition) is 2. The number of nitrogens with zero attached hydrogens (tertiary/aromatic N) is 5. The number of hydrogen-bond acceptors (Lipinski definition) is 6. The number of carboxylic acids is 1. The van der Waals surface area contributed by atoms with Crippen molar-refractivity contribution in [2.24, 2.45) is 5.73 Å². The van der Waals surface area contributed by atoms with E-state index >= 15 is 0 Å². The Bertz CT molecular complexity index is 1250. The first-order chi connectivity index (χ1) is 17.0. The van der Waals surface area contributed by atoms with Gasteiger partial charge in [-0.25, -0.2) is 14.3 Å². The van der Waals surface area contributed by atoms with Crippen molar-refractivity contribution >= 4 is 29.2 Å². The number of primary amides is 1. The minimum Gasteiger partial charge on any atom is -0.476 e. The number of halogens is 3. The monoisotopic (exact) mass is 506 g/mol. The topological polar surface area (TPSA) is 134 Å². The van der Waals surface area contributed by atoms with Crippen LogP contribution < -0.4 is 10.6 Å². The molecule has 0 unspecified atom stereocenters. The summed E-state index contributed by atoms with van der Waals surface area (Å²) in [5, 5.41) is 13.4. The SMILES string of the molecule is CCCC(N)=O.O=C(O)c1cn2nc(N3CCN(C(=O)c4ccccc4C(F)(F)F)CC3)ccc2n1. The summed E-state index contributed by atoms with van der Waals surface area (Å²) in [4.78, 5) is 40.7. The highest BCUT2D eigenvalue weighted by atomic mass is 19.4. The number of piperazine rings is 1. The summed E-state index contributed by atoms with van der Waals surface area (Å²) in [6.45, 7) is 3.13. The molecule has 0 saturated carbocycles. The smallest absolute Gasteiger partial charge is 0.417 e. The summed E-state index contributed by atoms with van der Waals surface area (Å²) in [5.41, 5.74) is 3.71. The highest BCUT2D eigenvalue weighted by Crippen LogP contribution is 2.32. The average Bonchev–Trinajstić information content (AvgIpc) is 3.27. The van der Waals surface area contributed by atoms with Crippen molar-refractivity contribution in [3.63, 3.8) is 0 Å². The maximum absolute atomic E-state index is 13.2. The Hall–Kier alpha value is -4.16. The van der Waals surface area contributed by atoms with E-state index in [2.05, 4.69) is 10.1 Å². The Morgan fingerprint density at radius 2 is 1.72 bits per heavy atom. The third-order valence-electron chi connectivity index (χ3n) is 5.38. The Morgan fingerprint density at radius 3 is 2.28 bits per heavy atom.